The van der Waals surface area contributed by atoms with Gasteiger partial charge in [0.1, 0.15) is 12.1 Å². The smallest absolute Gasteiger partial charge is 0.290 e. The highest BCUT2D eigenvalue weighted by atomic mass is 79.9. The van der Waals surface area contributed by atoms with Crippen LogP contribution in [0.15, 0.2) is 34.2 Å². The van der Waals surface area contributed by atoms with Gasteiger partial charge in [-0.25, -0.2) is 15.0 Å². The van der Waals surface area contributed by atoms with Crippen LogP contribution in [0.4, 0.5) is 11.6 Å². The second kappa shape index (κ2) is 6.21. The van der Waals surface area contributed by atoms with E-state index < -0.39 is 0 Å². The molecule has 0 bridgehead atoms. The van der Waals surface area contributed by atoms with Gasteiger partial charge in [-0.1, -0.05) is 0 Å². The maximum Gasteiger partial charge on any atom is 0.290 e. The number of H-pyrrole nitrogens is 1. The Morgan fingerprint density at radius 1 is 1.43 bits per heavy atom. The largest absolute Gasteiger partial charge is 0.365 e. The second-order valence-electron chi connectivity index (χ2n) is 4.89. The molecule has 0 saturated carbocycles. The van der Waals surface area contributed by atoms with Gasteiger partial charge in [0.2, 0.25) is 0 Å². The second-order valence-corrected chi connectivity index (χ2v) is 5.75. The normalized spacial score (nSPS) is 18.5. The highest BCUT2D eigenvalue weighted by molar-refractivity contribution is 9.10. The number of rotatable bonds is 3. The van der Waals surface area contributed by atoms with Gasteiger partial charge < -0.3 is 15.2 Å². The molecule has 0 aliphatic carbocycles. The van der Waals surface area contributed by atoms with Crippen molar-refractivity contribution in [2.75, 3.05) is 23.3 Å². The Bertz CT molecular complexity index is 675. The lowest BCUT2D eigenvalue weighted by molar-refractivity contribution is 0.523. The van der Waals surface area contributed by atoms with Crippen molar-refractivity contribution < 1.29 is 0 Å². The van der Waals surface area contributed by atoms with Crippen LogP contribution in [0.25, 0.3) is 0 Å². The number of nitrogens with zero attached hydrogens (tertiary/aromatic N) is 4. The first-order chi connectivity index (χ1) is 10.2. The molecule has 1 aliphatic rings. The molecule has 0 aromatic carbocycles. The Morgan fingerprint density at radius 2 is 2.33 bits per heavy atom. The average molecular weight is 351 g/mol. The Kier molecular flexibility index (Phi) is 4.14. The molecule has 2 N–H and O–H groups in total. The maximum atomic E-state index is 11.8. The van der Waals surface area contributed by atoms with Crippen LogP contribution in [-0.4, -0.2) is 39.1 Å². The molecule has 3 heterocycles. The summed E-state index contributed by atoms with van der Waals surface area (Å²) in [5.41, 5.74) is -0.152. The van der Waals surface area contributed by atoms with E-state index >= 15 is 0 Å². The summed E-state index contributed by atoms with van der Waals surface area (Å²) in [6, 6.07) is 0.214. The number of piperidine rings is 1. The number of halogens is 1. The van der Waals surface area contributed by atoms with Crippen LogP contribution in [0.5, 0.6) is 0 Å². The molecule has 3 rings (SSSR count). The zero-order chi connectivity index (χ0) is 14.7. The van der Waals surface area contributed by atoms with E-state index in [9.17, 15) is 4.79 Å². The van der Waals surface area contributed by atoms with Gasteiger partial charge in [-0.2, -0.15) is 0 Å². The van der Waals surface area contributed by atoms with Gasteiger partial charge in [0.15, 0.2) is 5.82 Å². The fourth-order valence-corrected chi connectivity index (χ4v) is 2.80. The fraction of sp³-hybridized carbons (Fsp3) is 0.385. The molecule has 0 amide bonds. The number of aromatic amines is 1. The predicted molar refractivity (Wildman–Crippen MR) is 83.4 cm³/mol. The molecule has 8 heteroatoms. The van der Waals surface area contributed by atoms with Crippen LogP contribution in [-0.2, 0) is 0 Å². The summed E-state index contributed by atoms with van der Waals surface area (Å²) < 4.78 is 0.831. The Morgan fingerprint density at radius 3 is 3.14 bits per heavy atom. The molecule has 110 valence electrons. The van der Waals surface area contributed by atoms with E-state index in [1.165, 1.54) is 6.33 Å². The van der Waals surface area contributed by atoms with Gasteiger partial charge in [-0.3, -0.25) is 4.79 Å². The molecule has 7 nitrogen and oxygen atoms in total. The van der Waals surface area contributed by atoms with E-state index in [0.717, 1.165) is 36.2 Å². The van der Waals surface area contributed by atoms with Crippen molar-refractivity contribution in [1.29, 1.82) is 0 Å². The van der Waals surface area contributed by atoms with Crippen molar-refractivity contribution in [2.24, 2.45) is 0 Å². The zero-order valence-corrected chi connectivity index (χ0v) is 12.9. The van der Waals surface area contributed by atoms with E-state index in [4.69, 9.17) is 0 Å². The van der Waals surface area contributed by atoms with Gasteiger partial charge in [0.05, 0.1) is 4.47 Å². The van der Waals surface area contributed by atoms with Crippen LogP contribution in [0.2, 0.25) is 0 Å². The van der Waals surface area contributed by atoms with Crippen LogP contribution in [0.3, 0.4) is 0 Å². The highest BCUT2D eigenvalue weighted by Crippen LogP contribution is 2.22. The zero-order valence-electron chi connectivity index (χ0n) is 11.3. The number of aromatic nitrogens is 4. The predicted octanol–water partition coefficient (Wildman–Crippen LogP) is 1.40. The lowest BCUT2D eigenvalue weighted by Gasteiger charge is -2.33. The van der Waals surface area contributed by atoms with Gasteiger partial charge in [0, 0.05) is 37.7 Å². The standard InChI is InChI=1S/C13H15BrN6O/c14-10-6-15-8-18-11(10)19-9-2-1-5-20(7-9)12-13(21)17-4-3-16-12/h3-4,6,8-9H,1-2,5,7H2,(H,17,21)(H,15,18,19)/t9-/m0/s1. The number of anilines is 2. The van der Waals surface area contributed by atoms with Gasteiger partial charge in [-0.05, 0) is 28.8 Å². The van der Waals surface area contributed by atoms with E-state index in [1.807, 2.05) is 4.90 Å². The number of hydrogen-bond acceptors (Lipinski definition) is 6. The van der Waals surface area contributed by atoms with E-state index in [-0.39, 0.29) is 11.6 Å². The lowest BCUT2D eigenvalue weighted by Crippen LogP contribution is -2.44. The van der Waals surface area contributed by atoms with Crippen LogP contribution >= 0.6 is 15.9 Å². The van der Waals surface area contributed by atoms with Crippen molar-refractivity contribution >= 4 is 27.6 Å². The van der Waals surface area contributed by atoms with Crippen molar-refractivity contribution in [3.63, 3.8) is 0 Å². The van der Waals surface area contributed by atoms with Crippen LogP contribution < -0.4 is 15.8 Å². The third-order valence-corrected chi connectivity index (χ3v) is 4.00. The summed E-state index contributed by atoms with van der Waals surface area (Å²) in [5.74, 6) is 1.25. The number of hydrogen-bond donors (Lipinski definition) is 2. The third-order valence-electron chi connectivity index (χ3n) is 3.42. The summed E-state index contributed by atoms with van der Waals surface area (Å²) in [4.78, 5) is 28.8. The average Bonchev–Trinajstić information content (AvgIpc) is 2.50. The molecule has 1 fully saturated rings. The minimum absolute atomic E-state index is 0.152. The first-order valence-electron chi connectivity index (χ1n) is 6.75. The summed E-state index contributed by atoms with van der Waals surface area (Å²) >= 11 is 3.43. The molecule has 0 spiro atoms. The van der Waals surface area contributed by atoms with Gasteiger partial charge in [0.25, 0.3) is 5.56 Å². The fourth-order valence-electron chi connectivity index (χ4n) is 2.47. The van der Waals surface area contributed by atoms with Gasteiger partial charge >= 0.3 is 0 Å². The third kappa shape index (κ3) is 3.21. The Labute approximate surface area is 130 Å². The minimum atomic E-state index is -0.152. The minimum Gasteiger partial charge on any atom is -0.365 e. The first-order valence-corrected chi connectivity index (χ1v) is 7.54. The molecule has 0 unspecified atom stereocenters. The van der Waals surface area contributed by atoms with Crippen LogP contribution in [0, 0.1) is 0 Å². The summed E-state index contributed by atoms with van der Waals surface area (Å²) in [6.07, 6.45) is 8.39. The Hall–Kier alpha value is -1.96. The summed E-state index contributed by atoms with van der Waals surface area (Å²) in [7, 11) is 0. The topological polar surface area (TPSA) is 86.8 Å². The molecular weight excluding hydrogens is 336 g/mol. The molecule has 2 aromatic heterocycles. The molecule has 2 aromatic rings. The lowest BCUT2D eigenvalue weighted by atomic mass is 10.1. The number of nitrogens with one attached hydrogen (secondary N) is 2. The van der Waals surface area contributed by atoms with Crippen molar-refractivity contribution in [3.05, 3.63) is 39.7 Å². The maximum absolute atomic E-state index is 11.8. The van der Waals surface area contributed by atoms with E-state index in [2.05, 4.69) is 41.2 Å². The van der Waals surface area contributed by atoms with E-state index in [1.54, 1.807) is 18.6 Å². The quantitative estimate of drug-likeness (QED) is 0.870. The molecule has 1 atom stereocenters. The van der Waals surface area contributed by atoms with Gasteiger partial charge in [-0.15, -0.1) is 0 Å². The monoisotopic (exact) mass is 350 g/mol. The molecule has 21 heavy (non-hydrogen) atoms. The van der Waals surface area contributed by atoms with Crippen LogP contribution in [0.1, 0.15) is 12.8 Å². The van der Waals surface area contributed by atoms with Crippen molar-refractivity contribution in [3.8, 4) is 0 Å². The summed E-state index contributed by atoms with van der Waals surface area (Å²) in [6.45, 7) is 1.56. The van der Waals surface area contributed by atoms with Crippen molar-refractivity contribution in [1.82, 2.24) is 19.9 Å². The summed E-state index contributed by atoms with van der Waals surface area (Å²) in [5, 5.41) is 3.39. The first kappa shape index (κ1) is 14.0. The molecule has 1 saturated heterocycles. The molecule has 1 aliphatic heterocycles. The Balaban J connectivity index is 1.73. The molecule has 0 radical (unpaired) electrons. The highest BCUT2D eigenvalue weighted by Gasteiger charge is 2.23. The SMILES string of the molecule is O=c1[nH]ccnc1N1CCC[C@H](Nc2ncncc2Br)C1. The van der Waals surface area contributed by atoms with E-state index in [0.29, 0.717) is 5.82 Å². The van der Waals surface area contributed by atoms with Crippen molar-refractivity contribution in [2.45, 2.75) is 18.9 Å². The molecular formula is C13H15BrN6O.